The summed E-state index contributed by atoms with van der Waals surface area (Å²) >= 11 is 1.38. The maximum absolute atomic E-state index is 12.2. The Morgan fingerprint density at radius 1 is 1.55 bits per heavy atom. The molecule has 1 aromatic heterocycles. The van der Waals surface area contributed by atoms with Crippen molar-refractivity contribution in [3.63, 3.8) is 0 Å². The molecule has 5 nitrogen and oxygen atoms in total. The number of aliphatic hydroxyl groups is 1. The fourth-order valence-electron chi connectivity index (χ4n) is 2.61. The summed E-state index contributed by atoms with van der Waals surface area (Å²) in [6.07, 6.45) is 3.59. The van der Waals surface area contributed by atoms with E-state index in [1.165, 1.54) is 11.3 Å². The average Bonchev–Trinajstić information content (AvgIpc) is 2.78. The van der Waals surface area contributed by atoms with Gasteiger partial charge in [-0.3, -0.25) is 4.79 Å². The second-order valence-corrected chi connectivity index (χ2v) is 6.44. The summed E-state index contributed by atoms with van der Waals surface area (Å²) in [6.45, 7) is 2.91. The molecule has 112 valence electrons. The number of nitrogens with one attached hydrogen (secondary N) is 1. The summed E-state index contributed by atoms with van der Waals surface area (Å²) in [6, 6.07) is 0. The smallest absolute Gasteiger partial charge is 0.263 e. The second-order valence-electron chi connectivity index (χ2n) is 5.35. The van der Waals surface area contributed by atoms with Gasteiger partial charge in [-0.2, -0.15) is 0 Å². The number of aromatic nitrogens is 1. The molecule has 6 heteroatoms. The normalized spacial score (nSPS) is 22.8. The van der Waals surface area contributed by atoms with E-state index in [9.17, 15) is 9.90 Å². The molecule has 0 bridgehead atoms. The van der Waals surface area contributed by atoms with E-state index in [-0.39, 0.29) is 12.0 Å². The molecule has 0 spiro atoms. The Labute approximate surface area is 123 Å². The molecule has 0 aromatic carbocycles. The molecule has 2 rings (SSSR count). The zero-order valence-corrected chi connectivity index (χ0v) is 12.8. The minimum atomic E-state index is -0.205. The van der Waals surface area contributed by atoms with E-state index in [1.54, 1.807) is 7.11 Å². The Hall–Kier alpha value is -0.980. The van der Waals surface area contributed by atoms with Crippen LogP contribution >= 0.6 is 11.3 Å². The summed E-state index contributed by atoms with van der Waals surface area (Å²) in [5.74, 6) is 0.316. The van der Waals surface area contributed by atoms with Crippen LogP contribution in [-0.2, 0) is 11.3 Å². The molecule has 1 aromatic rings. The summed E-state index contributed by atoms with van der Waals surface area (Å²) in [5.41, 5.74) is 0.753. The molecule has 2 unspecified atom stereocenters. The lowest BCUT2D eigenvalue weighted by Crippen LogP contribution is -2.32. The van der Waals surface area contributed by atoms with Gasteiger partial charge in [-0.1, -0.05) is 6.42 Å². The van der Waals surface area contributed by atoms with E-state index in [4.69, 9.17) is 4.74 Å². The molecule has 2 N–H and O–H groups in total. The zero-order chi connectivity index (χ0) is 14.5. The van der Waals surface area contributed by atoms with Crippen molar-refractivity contribution in [2.45, 2.75) is 45.3 Å². The lowest BCUT2D eigenvalue weighted by atomic mass is 9.87. The highest BCUT2D eigenvalue weighted by Crippen LogP contribution is 2.24. The molecular formula is C14H22N2O3S. The van der Waals surface area contributed by atoms with Crippen LogP contribution in [0.25, 0.3) is 0 Å². The van der Waals surface area contributed by atoms with Crippen molar-refractivity contribution in [3.05, 3.63) is 15.6 Å². The summed E-state index contributed by atoms with van der Waals surface area (Å²) < 4.78 is 5.03. The van der Waals surface area contributed by atoms with Gasteiger partial charge < -0.3 is 15.2 Å². The van der Waals surface area contributed by atoms with E-state index >= 15 is 0 Å². The largest absolute Gasteiger partial charge is 0.393 e. The number of nitrogens with zero attached hydrogens (tertiary/aromatic N) is 1. The van der Waals surface area contributed by atoms with Gasteiger partial charge in [0.15, 0.2) is 0 Å². The van der Waals surface area contributed by atoms with E-state index in [1.807, 2.05) is 6.92 Å². The zero-order valence-electron chi connectivity index (χ0n) is 12.0. The van der Waals surface area contributed by atoms with E-state index in [0.29, 0.717) is 23.9 Å². The highest BCUT2D eigenvalue weighted by molar-refractivity contribution is 7.13. The fourth-order valence-corrected chi connectivity index (χ4v) is 3.57. The Kier molecular flexibility index (Phi) is 5.51. The lowest BCUT2D eigenvalue weighted by Gasteiger charge is -2.25. The molecule has 0 radical (unpaired) electrons. The maximum Gasteiger partial charge on any atom is 0.263 e. The molecule has 0 saturated heterocycles. The van der Waals surface area contributed by atoms with Crippen LogP contribution in [-0.4, -0.2) is 35.8 Å². The molecule has 1 saturated carbocycles. The molecule has 1 aliphatic carbocycles. The third-order valence-corrected chi connectivity index (χ3v) is 4.75. The van der Waals surface area contributed by atoms with E-state index in [2.05, 4.69) is 10.3 Å². The standard InChI is InChI=1S/C14H22N2O3S/c1-9-13(20-12(16-9)8-19-2)14(18)15-7-10-4-3-5-11(17)6-10/h10-11,17H,3-8H2,1-2H3,(H,15,18). The van der Waals surface area contributed by atoms with Gasteiger partial charge >= 0.3 is 0 Å². The number of hydrogen-bond acceptors (Lipinski definition) is 5. The number of rotatable bonds is 5. The number of carbonyl (C=O) groups is 1. The third kappa shape index (κ3) is 4.01. The highest BCUT2D eigenvalue weighted by atomic mass is 32.1. The molecule has 2 atom stereocenters. The van der Waals surface area contributed by atoms with Gasteiger partial charge in [0.25, 0.3) is 5.91 Å². The van der Waals surface area contributed by atoms with Crippen molar-refractivity contribution in [2.75, 3.05) is 13.7 Å². The topological polar surface area (TPSA) is 71.5 Å². The highest BCUT2D eigenvalue weighted by Gasteiger charge is 2.22. The first kappa shape index (κ1) is 15.4. The van der Waals surface area contributed by atoms with Gasteiger partial charge in [0, 0.05) is 13.7 Å². The monoisotopic (exact) mass is 298 g/mol. The Balaban J connectivity index is 1.88. The van der Waals surface area contributed by atoms with Crippen molar-refractivity contribution in [3.8, 4) is 0 Å². The van der Waals surface area contributed by atoms with Crippen LogP contribution in [0.4, 0.5) is 0 Å². The molecule has 1 aliphatic rings. The number of amides is 1. The van der Waals surface area contributed by atoms with Gasteiger partial charge in [-0.25, -0.2) is 4.98 Å². The predicted molar refractivity (Wildman–Crippen MR) is 77.9 cm³/mol. The van der Waals surface area contributed by atoms with Crippen molar-refractivity contribution < 1.29 is 14.6 Å². The Morgan fingerprint density at radius 2 is 2.35 bits per heavy atom. The molecule has 1 amide bonds. The van der Waals surface area contributed by atoms with Gasteiger partial charge in [0.1, 0.15) is 9.88 Å². The molecule has 1 fully saturated rings. The van der Waals surface area contributed by atoms with E-state index in [0.717, 1.165) is 36.4 Å². The quantitative estimate of drug-likeness (QED) is 0.870. The summed E-state index contributed by atoms with van der Waals surface area (Å²) in [7, 11) is 1.62. The first-order chi connectivity index (χ1) is 9.60. The van der Waals surface area contributed by atoms with Crippen LogP contribution in [0.3, 0.4) is 0 Å². The van der Waals surface area contributed by atoms with Gasteiger partial charge in [-0.05, 0) is 32.1 Å². The van der Waals surface area contributed by atoms with Crippen LogP contribution in [0.5, 0.6) is 0 Å². The predicted octanol–water partition coefficient (Wildman–Crippen LogP) is 1.88. The van der Waals surface area contributed by atoms with Crippen molar-refractivity contribution in [1.82, 2.24) is 10.3 Å². The first-order valence-corrected chi connectivity index (χ1v) is 7.83. The van der Waals surface area contributed by atoms with Gasteiger partial charge in [-0.15, -0.1) is 11.3 Å². The number of carbonyl (C=O) groups excluding carboxylic acids is 1. The number of thiazole rings is 1. The first-order valence-electron chi connectivity index (χ1n) is 7.01. The molecule has 0 aliphatic heterocycles. The van der Waals surface area contributed by atoms with Crippen LogP contribution in [0.15, 0.2) is 0 Å². The number of aryl methyl sites for hydroxylation is 1. The number of aliphatic hydroxyl groups excluding tert-OH is 1. The van der Waals surface area contributed by atoms with Crippen molar-refractivity contribution in [1.29, 1.82) is 0 Å². The van der Waals surface area contributed by atoms with Crippen LogP contribution < -0.4 is 5.32 Å². The molecule has 20 heavy (non-hydrogen) atoms. The average molecular weight is 298 g/mol. The van der Waals surface area contributed by atoms with Gasteiger partial charge in [0.05, 0.1) is 18.4 Å². The SMILES string of the molecule is COCc1nc(C)c(C(=O)NCC2CCCC(O)C2)s1. The number of methoxy groups -OCH3 is 1. The van der Waals surface area contributed by atoms with Crippen LogP contribution in [0, 0.1) is 12.8 Å². The van der Waals surface area contributed by atoms with Crippen LogP contribution in [0.1, 0.15) is 46.1 Å². The van der Waals surface area contributed by atoms with Crippen LogP contribution in [0.2, 0.25) is 0 Å². The fraction of sp³-hybridized carbons (Fsp3) is 0.714. The second kappa shape index (κ2) is 7.15. The lowest BCUT2D eigenvalue weighted by molar-refractivity contribution is 0.0876. The van der Waals surface area contributed by atoms with Crippen molar-refractivity contribution >= 4 is 17.2 Å². The minimum absolute atomic E-state index is 0.0672. The Bertz CT molecular complexity index is 461. The van der Waals surface area contributed by atoms with E-state index < -0.39 is 0 Å². The third-order valence-electron chi connectivity index (χ3n) is 3.62. The summed E-state index contributed by atoms with van der Waals surface area (Å²) in [4.78, 5) is 17.1. The Morgan fingerprint density at radius 3 is 3.05 bits per heavy atom. The van der Waals surface area contributed by atoms with Crippen molar-refractivity contribution in [2.24, 2.45) is 5.92 Å². The van der Waals surface area contributed by atoms with Gasteiger partial charge in [0.2, 0.25) is 0 Å². The minimum Gasteiger partial charge on any atom is -0.393 e. The summed E-state index contributed by atoms with van der Waals surface area (Å²) in [5, 5.41) is 13.4. The number of ether oxygens (including phenoxy) is 1. The maximum atomic E-state index is 12.2. The molecule has 1 heterocycles. The number of hydrogen-bond donors (Lipinski definition) is 2. The molecular weight excluding hydrogens is 276 g/mol.